The van der Waals surface area contributed by atoms with Crippen LogP contribution in [-0.2, 0) is 0 Å². The van der Waals surface area contributed by atoms with Crippen molar-refractivity contribution in [3.8, 4) is 6.07 Å². The molecular weight excluding hydrogens is 184 g/mol. The van der Waals surface area contributed by atoms with Crippen molar-refractivity contribution < 1.29 is 0 Å². The van der Waals surface area contributed by atoms with Crippen molar-refractivity contribution in [1.29, 1.82) is 5.26 Å². The third kappa shape index (κ3) is 3.50. The van der Waals surface area contributed by atoms with Gasteiger partial charge in [-0.15, -0.1) is 0 Å². The fourth-order valence-corrected chi connectivity index (χ4v) is 2.34. The van der Waals surface area contributed by atoms with Crippen LogP contribution in [0.3, 0.4) is 0 Å². The van der Waals surface area contributed by atoms with Gasteiger partial charge in [-0.3, -0.25) is 0 Å². The van der Waals surface area contributed by atoms with E-state index in [0.29, 0.717) is 11.3 Å². The lowest BCUT2D eigenvalue weighted by atomic mass is 9.72. The maximum absolute atomic E-state index is 8.84. The van der Waals surface area contributed by atoms with Crippen LogP contribution in [0.1, 0.15) is 46.5 Å². The Morgan fingerprint density at radius 1 is 1.47 bits per heavy atom. The van der Waals surface area contributed by atoms with E-state index in [9.17, 15) is 0 Å². The first kappa shape index (κ1) is 12.5. The van der Waals surface area contributed by atoms with E-state index in [1.54, 1.807) is 0 Å². The van der Waals surface area contributed by atoms with E-state index in [0.717, 1.165) is 13.0 Å². The molecule has 15 heavy (non-hydrogen) atoms. The van der Waals surface area contributed by atoms with Gasteiger partial charge in [0, 0.05) is 13.0 Å². The Labute approximate surface area is 94.3 Å². The van der Waals surface area contributed by atoms with E-state index >= 15 is 0 Å². The van der Waals surface area contributed by atoms with E-state index in [4.69, 9.17) is 5.26 Å². The fraction of sp³-hybridized carbons (Fsp3) is 0.923. The van der Waals surface area contributed by atoms with Gasteiger partial charge in [0.1, 0.15) is 0 Å². The summed E-state index contributed by atoms with van der Waals surface area (Å²) in [7, 11) is 0. The Bertz CT molecular complexity index is 227. The van der Waals surface area contributed by atoms with E-state index in [2.05, 4.69) is 31.7 Å². The molecular formula is C13H24N2. The van der Waals surface area contributed by atoms with Crippen molar-refractivity contribution in [2.24, 2.45) is 11.3 Å². The van der Waals surface area contributed by atoms with Crippen LogP contribution in [0.15, 0.2) is 0 Å². The molecule has 86 valence electrons. The monoisotopic (exact) mass is 208 g/mol. The Balaban J connectivity index is 2.47. The molecule has 0 aromatic rings. The second-order valence-corrected chi connectivity index (χ2v) is 5.45. The van der Waals surface area contributed by atoms with E-state index in [1.807, 2.05) is 0 Å². The van der Waals surface area contributed by atoms with Crippen LogP contribution >= 0.6 is 0 Å². The van der Waals surface area contributed by atoms with Crippen LogP contribution in [-0.4, -0.2) is 24.5 Å². The molecule has 1 fully saturated rings. The van der Waals surface area contributed by atoms with Gasteiger partial charge < -0.3 is 4.90 Å². The Morgan fingerprint density at radius 3 is 2.80 bits per heavy atom. The van der Waals surface area contributed by atoms with Gasteiger partial charge in [-0.1, -0.05) is 27.2 Å². The molecule has 2 heteroatoms. The highest BCUT2D eigenvalue weighted by Gasteiger charge is 2.34. The summed E-state index contributed by atoms with van der Waals surface area (Å²) >= 11 is 0. The summed E-state index contributed by atoms with van der Waals surface area (Å²) in [5, 5.41) is 8.84. The molecule has 0 radical (unpaired) electrons. The number of hydrogen-bond acceptors (Lipinski definition) is 2. The topological polar surface area (TPSA) is 27.0 Å². The number of nitriles is 1. The second-order valence-electron chi connectivity index (χ2n) is 5.45. The molecule has 1 heterocycles. The molecule has 1 aliphatic rings. The third-order valence-corrected chi connectivity index (χ3v) is 3.82. The number of nitrogens with zero attached hydrogens (tertiary/aromatic N) is 2. The van der Waals surface area contributed by atoms with Crippen molar-refractivity contribution in [1.82, 2.24) is 4.90 Å². The van der Waals surface area contributed by atoms with E-state index < -0.39 is 0 Å². The van der Waals surface area contributed by atoms with Crippen LogP contribution in [0.2, 0.25) is 0 Å². The number of hydrogen-bond donors (Lipinski definition) is 0. The lowest BCUT2D eigenvalue weighted by Gasteiger charge is -2.43. The molecule has 0 amide bonds. The molecule has 0 saturated carbocycles. The molecule has 0 bridgehead atoms. The van der Waals surface area contributed by atoms with Crippen molar-refractivity contribution in [2.45, 2.75) is 46.5 Å². The molecule has 1 rings (SSSR count). The lowest BCUT2D eigenvalue weighted by molar-refractivity contribution is 0.0621. The SMILES string of the molecule is CCCCN1CCC(C)(C)C(CC#N)C1. The molecule has 0 aromatic carbocycles. The van der Waals surface area contributed by atoms with Gasteiger partial charge >= 0.3 is 0 Å². The van der Waals surface area contributed by atoms with E-state index in [1.165, 1.54) is 32.4 Å². The third-order valence-electron chi connectivity index (χ3n) is 3.82. The summed E-state index contributed by atoms with van der Waals surface area (Å²) in [5.74, 6) is 0.563. The lowest BCUT2D eigenvalue weighted by Crippen LogP contribution is -2.44. The van der Waals surface area contributed by atoms with Gasteiger partial charge in [0.25, 0.3) is 0 Å². The largest absolute Gasteiger partial charge is 0.303 e. The highest BCUT2D eigenvalue weighted by molar-refractivity contribution is 4.91. The molecule has 1 aliphatic heterocycles. The van der Waals surface area contributed by atoms with Gasteiger partial charge in [0.2, 0.25) is 0 Å². The van der Waals surface area contributed by atoms with Crippen LogP contribution in [0.5, 0.6) is 0 Å². The predicted molar refractivity (Wildman–Crippen MR) is 63.5 cm³/mol. The maximum atomic E-state index is 8.84. The minimum Gasteiger partial charge on any atom is -0.303 e. The summed E-state index contributed by atoms with van der Waals surface area (Å²) in [6.07, 6.45) is 4.52. The first-order valence-corrected chi connectivity index (χ1v) is 6.19. The van der Waals surface area contributed by atoms with Gasteiger partial charge in [-0.2, -0.15) is 5.26 Å². The molecule has 0 aliphatic carbocycles. The highest BCUT2D eigenvalue weighted by atomic mass is 15.1. The second kappa shape index (κ2) is 5.51. The average molecular weight is 208 g/mol. The molecule has 1 saturated heterocycles. The quantitative estimate of drug-likeness (QED) is 0.710. The number of unbranched alkanes of at least 4 members (excludes halogenated alkanes) is 1. The van der Waals surface area contributed by atoms with Crippen molar-refractivity contribution in [3.05, 3.63) is 0 Å². The first-order valence-electron chi connectivity index (χ1n) is 6.19. The maximum Gasteiger partial charge on any atom is 0.0625 e. The summed E-state index contributed by atoms with van der Waals surface area (Å²) in [4.78, 5) is 2.54. The number of rotatable bonds is 4. The van der Waals surface area contributed by atoms with Gasteiger partial charge in [0.05, 0.1) is 6.07 Å². The predicted octanol–water partition coefficient (Wildman–Crippen LogP) is 3.05. The van der Waals surface area contributed by atoms with E-state index in [-0.39, 0.29) is 0 Å². The summed E-state index contributed by atoms with van der Waals surface area (Å²) in [6.45, 7) is 10.4. The molecule has 0 N–H and O–H groups in total. The normalized spacial score (nSPS) is 26.1. The minimum absolute atomic E-state index is 0.360. The highest BCUT2D eigenvalue weighted by Crippen LogP contribution is 2.37. The van der Waals surface area contributed by atoms with Crippen LogP contribution in [0.4, 0.5) is 0 Å². The fourth-order valence-electron chi connectivity index (χ4n) is 2.34. The Kier molecular flexibility index (Phi) is 4.60. The molecule has 0 spiro atoms. The van der Waals surface area contributed by atoms with Crippen LogP contribution in [0, 0.1) is 22.7 Å². The summed E-state index contributed by atoms with van der Waals surface area (Å²) < 4.78 is 0. The molecule has 0 aromatic heterocycles. The Morgan fingerprint density at radius 2 is 2.20 bits per heavy atom. The molecule has 2 nitrogen and oxygen atoms in total. The van der Waals surface area contributed by atoms with Gasteiger partial charge in [-0.25, -0.2) is 0 Å². The molecule has 1 atom stereocenters. The zero-order valence-corrected chi connectivity index (χ0v) is 10.4. The average Bonchev–Trinajstić information content (AvgIpc) is 2.19. The van der Waals surface area contributed by atoms with Gasteiger partial charge in [0.15, 0.2) is 0 Å². The number of piperidine rings is 1. The van der Waals surface area contributed by atoms with Crippen LogP contribution < -0.4 is 0 Å². The number of likely N-dealkylation sites (tertiary alicyclic amines) is 1. The first-order chi connectivity index (χ1) is 7.10. The van der Waals surface area contributed by atoms with Crippen molar-refractivity contribution in [2.75, 3.05) is 19.6 Å². The Hall–Kier alpha value is -0.550. The zero-order chi connectivity index (χ0) is 11.3. The minimum atomic E-state index is 0.360. The van der Waals surface area contributed by atoms with Gasteiger partial charge in [-0.05, 0) is 37.3 Å². The standard InChI is InChI=1S/C13H24N2/c1-4-5-9-15-10-7-13(2,3)12(11-15)6-8-14/h12H,4-7,9-11H2,1-3H3. The molecule has 1 unspecified atom stereocenters. The zero-order valence-electron chi connectivity index (χ0n) is 10.4. The van der Waals surface area contributed by atoms with Crippen LogP contribution in [0.25, 0.3) is 0 Å². The summed E-state index contributed by atoms with van der Waals surface area (Å²) in [6, 6.07) is 2.34. The van der Waals surface area contributed by atoms with Crippen molar-refractivity contribution >= 4 is 0 Å². The van der Waals surface area contributed by atoms with Crippen molar-refractivity contribution in [3.63, 3.8) is 0 Å². The smallest absolute Gasteiger partial charge is 0.0625 e. The summed E-state index contributed by atoms with van der Waals surface area (Å²) in [5.41, 5.74) is 0.360.